The van der Waals surface area contributed by atoms with Gasteiger partial charge in [0.2, 0.25) is 0 Å². The Kier molecular flexibility index (Phi) is 7.49. The van der Waals surface area contributed by atoms with Gasteiger partial charge >= 0.3 is 29.6 Å². The summed E-state index contributed by atoms with van der Waals surface area (Å²) in [7, 11) is -9.10. The Morgan fingerprint density at radius 3 is 2.13 bits per heavy atom. The first-order chi connectivity index (χ1) is 9.89. The standard InChI is InChI=1S/C10H11NO9S2.Na/c1-21(16,17)6-2-3-7(9(4-6)11(14)15)8(5-12)10(13)22(18,19)20;/h2-5,8,10,13H,1H3,(H,18,19,20);/q;+1/p-1. The molecule has 0 fully saturated rings. The molecule has 0 aliphatic carbocycles. The van der Waals surface area contributed by atoms with Gasteiger partial charge in [0.25, 0.3) is 5.69 Å². The number of sulfone groups is 1. The molecular weight excluding hydrogens is 365 g/mol. The number of rotatable bonds is 6. The second-order valence-corrected chi connectivity index (χ2v) is 7.78. The Morgan fingerprint density at radius 1 is 1.26 bits per heavy atom. The van der Waals surface area contributed by atoms with Crippen molar-refractivity contribution in [2.45, 2.75) is 16.2 Å². The van der Waals surface area contributed by atoms with Crippen LogP contribution in [0.1, 0.15) is 11.5 Å². The van der Waals surface area contributed by atoms with Gasteiger partial charge in [-0.05, 0) is 6.07 Å². The quantitative estimate of drug-likeness (QED) is 0.172. The van der Waals surface area contributed by atoms with Gasteiger partial charge in [-0.15, -0.1) is 0 Å². The molecule has 1 N–H and O–H groups in total. The molecule has 0 aliphatic rings. The van der Waals surface area contributed by atoms with E-state index in [-0.39, 0.29) is 35.8 Å². The number of nitro groups is 1. The second kappa shape index (κ2) is 7.79. The van der Waals surface area contributed by atoms with Gasteiger partial charge in [0.15, 0.2) is 15.3 Å². The van der Waals surface area contributed by atoms with E-state index in [1.165, 1.54) is 0 Å². The Labute approximate surface area is 153 Å². The fourth-order valence-corrected chi connectivity index (χ4v) is 2.88. The zero-order valence-corrected chi connectivity index (χ0v) is 15.6. The minimum atomic E-state index is -5.31. The number of aliphatic hydroxyl groups excluding tert-OH is 1. The van der Waals surface area contributed by atoms with Gasteiger partial charge in [-0.25, -0.2) is 16.8 Å². The number of aliphatic hydroxyl groups is 1. The molecule has 2 atom stereocenters. The van der Waals surface area contributed by atoms with Crippen LogP contribution in [0.2, 0.25) is 0 Å². The van der Waals surface area contributed by atoms with Gasteiger partial charge in [0.1, 0.15) is 16.4 Å². The summed E-state index contributed by atoms with van der Waals surface area (Å²) in [5.74, 6) is -2.02. The Morgan fingerprint density at radius 2 is 1.78 bits per heavy atom. The van der Waals surface area contributed by atoms with Crippen molar-refractivity contribution in [2.75, 3.05) is 6.26 Å². The number of benzene rings is 1. The number of hydrogen-bond donors (Lipinski definition) is 1. The summed E-state index contributed by atoms with van der Waals surface area (Å²) in [6.45, 7) is 0. The van der Waals surface area contributed by atoms with E-state index in [0.29, 0.717) is 6.07 Å². The molecule has 0 radical (unpaired) electrons. The average Bonchev–Trinajstić information content (AvgIpc) is 2.37. The zero-order valence-electron chi connectivity index (χ0n) is 11.9. The molecule has 1 rings (SSSR count). The van der Waals surface area contributed by atoms with Crippen molar-refractivity contribution in [2.24, 2.45) is 0 Å². The van der Waals surface area contributed by atoms with E-state index < -0.39 is 52.4 Å². The van der Waals surface area contributed by atoms with Crippen molar-refractivity contribution in [1.29, 1.82) is 0 Å². The molecule has 122 valence electrons. The molecule has 23 heavy (non-hydrogen) atoms. The summed E-state index contributed by atoms with van der Waals surface area (Å²) in [6.07, 6.45) is 0.655. The van der Waals surface area contributed by atoms with E-state index in [1.54, 1.807) is 0 Å². The molecule has 0 aromatic heterocycles. The predicted molar refractivity (Wildman–Crippen MR) is 70.7 cm³/mol. The van der Waals surface area contributed by atoms with Crippen LogP contribution < -0.4 is 29.6 Å². The first-order valence-electron chi connectivity index (χ1n) is 5.46. The van der Waals surface area contributed by atoms with E-state index in [9.17, 15) is 41.4 Å². The summed E-state index contributed by atoms with van der Waals surface area (Å²) < 4.78 is 55.1. The topological polar surface area (TPSA) is 172 Å². The Hall–Kier alpha value is -0.890. The minimum Gasteiger partial charge on any atom is -0.746 e. The fraction of sp³-hybridized carbons (Fsp3) is 0.300. The number of nitro benzene ring substituents is 1. The van der Waals surface area contributed by atoms with Gasteiger partial charge in [0, 0.05) is 17.9 Å². The van der Waals surface area contributed by atoms with Crippen molar-refractivity contribution >= 4 is 31.9 Å². The molecule has 1 aromatic carbocycles. The Balaban J connectivity index is 0.00000484. The number of aldehydes is 1. The summed E-state index contributed by atoms with van der Waals surface area (Å²) in [4.78, 5) is 20.4. The largest absolute Gasteiger partial charge is 1.00 e. The fourth-order valence-electron chi connectivity index (χ4n) is 1.67. The van der Waals surface area contributed by atoms with E-state index in [0.717, 1.165) is 18.4 Å². The zero-order chi connectivity index (χ0) is 17.3. The van der Waals surface area contributed by atoms with E-state index in [4.69, 9.17) is 0 Å². The number of nitrogens with zero attached hydrogens (tertiary/aromatic N) is 1. The maximum atomic E-state index is 11.4. The van der Waals surface area contributed by atoms with Crippen molar-refractivity contribution in [3.05, 3.63) is 33.9 Å². The van der Waals surface area contributed by atoms with Crippen LogP contribution in [0.5, 0.6) is 0 Å². The molecule has 13 heteroatoms. The van der Waals surface area contributed by atoms with E-state index in [2.05, 4.69) is 0 Å². The second-order valence-electron chi connectivity index (χ2n) is 4.30. The van der Waals surface area contributed by atoms with Gasteiger partial charge in [0.05, 0.1) is 15.7 Å². The number of carbonyl (C=O) groups is 1. The van der Waals surface area contributed by atoms with Gasteiger partial charge in [-0.3, -0.25) is 10.1 Å². The first kappa shape index (κ1) is 22.1. The van der Waals surface area contributed by atoms with Crippen LogP contribution in [-0.2, 0) is 24.7 Å². The number of hydrogen-bond acceptors (Lipinski definition) is 9. The normalized spacial score (nSPS) is 14.4. The average molecular weight is 375 g/mol. The van der Waals surface area contributed by atoms with E-state index in [1.807, 2.05) is 0 Å². The van der Waals surface area contributed by atoms with Crippen molar-refractivity contribution in [1.82, 2.24) is 0 Å². The predicted octanol–water partition coefficient (Wildman–Crippen LogP) is -3.85. The van der Waals surface area contributed by atoms with Gasteiger partial charge < -0.3 is 14.5 Å². The van der Waals surface area contributed by atoms with E-state index >= 15 is 0 Å². The molecular formula is C10H10NNaO9S2. The van der Waals surface area contributed by atoms with Crippen molar-refractivity contribution in [3.8, 4) is 0 Å². The molecule has 2 unspecified atom stereocenters. The summed E-state index contributed by atoms with van der Waals surface area (Å²) in [5.41, 5.74) is -4.21. The van der Waals surface area contributed by atoms with Crippen LogP contribution >= 0.6 is 0 Å². The van der Waals surface area contributed by atoms with Crippen LogP contribution in [0, 0.1) is 10.1 Å². The van der Waals surface area contributed by atoms with Crippen LogP contribution in [-0.4, -0.2) is 49.4 Å². The molecule has 1 aromatic rings. The summed E-state index contributed by atoms with van der Waals surface area (Å²) in [5, 5.41) is 20.3. The summed E-state index contributed by atoms with van der Waals surface area (Å²) >= 11 is 0. The van der Waals surface area contributed by atoms with Gasteiger partial charge in [-0.1, -0.05) is 6.07 Å². The Bertz CT molecular complexity index is 819. The van der Waals surface area contributed by atoms with Gasteiger partial charge in [-0.2, -0.15) is 0 Å². The molecule has 0 spiro atoms. The number of carbonyl (C=O) groups excluding carboxylic acids is 1. The van der Waals surface area contributed by atoms with Crippen LogP contribution in [0.15, 0.2) is 23.1 Å². The summed E-state index contributed by atoms with van der Waals surface area (Å²) in [6, 6.07) is 2.33. The first-order valence-corrected chi connectivity index (χ1v) is 8.82. The third-order valence-electron chi connectivity index (χ3n) is 2.74. The minimum absolute atomic E-state index is 0. The van der Waals surface area contributed by atoms with Crippen molar-refractivity contribution < 1.29 is 65.8 Å². The molecule has 0 saturated heterocycles. The molecule has 0 amide bonds. The van der Waals surface area contributed by atoms with Crippen LogP contribution in [0.25, 0.3) is 0 Å². The van der Waals surface area contributed by atoms with Crippen LogP contribution in [0.4, 0.5) is 5.69 Å². The third kappa shape index (κ3) is 5.31. The van der Waals surface area contributed by atoms with Crippen molar-refractivity contribution in [3.63, 3.8) is 0 Å². The molecule has 0 heterocycles. The monoisotopic (exact) mass is 375 g/mol. The molecule has 0 saturated carbocycles. The SMILES string of the molecule is CS(=O)(=O)c1ccc(C(C=O)C(O)S(=O)(=O)[O-])c([N+](=O)[O-])c1.[Na+]. The van der Waals surface area contributed by atoms with Crippen LogP contribution in [0.3, 0.4) is 0 Å². The maximum absolute atomic E-state index is 11.4. The maximum Gasteiger partial charge on any atom is 1.00 e. The molecule has 10 nitrogen and oxygen atoms in total. The third-order valence-corrected chi connectivity index (χ3v) is 4.73. The molecule has 0 bridgehead atoms. The molecule has 0 aliphatic heterocycles. The smallest absolute Gasteiger partial charge is 0.746 e.